The predicted molar refractivity (Wildman–Crippen MR) is 33.8 cm³/mol. The molecule has 1 heteroatoms. The second-order valence-corrected chi connectivity index (χ2v) is 2.17. The van der Waals surface area contributed by atoms with E-state index in [1.807, 2.05) is 6.08 Å². The standard InChI is InChI=1S/C7H12O/c1-2-3-4-5-7-6-8-7/h2,7H,1,3-6H2. The fraction of sp³-hybridized carbons (Fsp3) is 0.714. The van der Waals surface area contributed by atoms with Crippen molar-refractivity contribution in [1.82, 2.24) is 0 Å². The summed E-state index contributed by atoms with van der Waals surface area (Å²) in [5.74, 6) is 0. The Hall–Kier alpha value is -0.300. The molecule has 0 bridgehead atoms. The van der Waals surface area contributed by atoms with Crippen LogP contribution in [0.5, 0.6) is 0 Å². The Morgan fingerprint density at radius 2 is 2.50 bits per heavy atom. The van der Waals surface area contributed by atoms with Gasteiger partial charge in [0.15, 0.2) is 0 Å². The van der Waals surface area contributed by atoms with Gasteiger partial charge in [0.05, 0.1) is 12.7 Å². The summed E-state index contributed by atoms with van der Waals surface area (Å²) in [6.07, 6.45) is 6.18. The molecule has 0 spiro atoms. The average molecular weight is 112 g/mol. The Kier molecular flexibility index (Phi) is 2.10. The number of epoxide rings is 1. The molecule has 0 aromatic rings. The van der Waals surface area contributed by atoms with Crippen molar-refractivity contribution in [3.8, 4) is 0 Å². The Morgan fingerprint density at radius 3 is 3.00 bits per heavy atom. The lowest BCUT2D eigenvalue weighted by atomic mass is 10.2. The van der Waals surface area contributed by atoms with E-state index in [0.717, 1.165) is 13.0 Å². The number of unbranched alkanes of at least 4 members (excludes halogenated alkanes) is 1. The Bertz CT molecular complexity index is 74.5. The topological polar surface area (TPSA) is 12.5 Å². The van der Waals surface area contributed by atoms with Gasteiger partial charge in [-0.25, -0.2) is 0 Å². The van der Waals surface area contributed by atoms with Gasteiger partial charge in [-0.15, -0.1) is 6.58 Å². The van der Waals surface area contributed by atoms with Crippen LogP contribution in [-0.4, -0.2) is 12.7 Å². The van der Waals surface area contributed by atoms with Crippen LogP contribution in [0.2, 0.25) is 0 Å². The van der Waals surface area contributed by atoms with Crippen molar-refractivity contribution in [1.29, 1.82) is 0 Å². The average Bonchev–Trinajstić information content (AvgIpc) is 2.51. The fourth-order valence-electron chi connectivity index (χ4n) is 0.725. The third-order valence-corrected chi connectivity index (χ3v) is 1.34. The molecular weight excluding hydrogens is 100 g/mol. The summed E-state index contributed by atoms with van der Waals surface area (Å²) in [5, 5.41) is 0. The number of hydrogen-bond acceptors (Lipinski definition) is 1. The van der Waals surface area contributed by atoms with E-state index >= 15 is 0 Å². The van der Waals surface area contributed by atoms with Gasteiger partial charge >= 0.3 is 0 Å². The maximum atomic E-state index is 5.02. The van der Waals surface area contributed by atoms with E-state index in [1.165, 1.54) is 12.8 Å². The SMILES string of the molecule is C=CCCCC1CO1. The highest BCUT2D eigenvalue weighted by atomic mass is 16.6. The van der Waals surface area contributed by atoms with Crippen LogP contribution in [0.15, 0.2) is 12.7 Å². The molecule has 8 heavy (non-hydrogen) atoms. The minimum absolute atomic E-state index is 0.606. The fourth-order valence-corrected chi connectivity index (χ4v) is 0.725. The zero-order valence-electron chi connectivity index (χ0n) is 5.10. The van der Waals surface area contributed by atoms with Crippen LogP contribution < -0.4 is 0 Å². The molecular formula is C7H12O. The summed E-state index contributed by atoms with van der Waals surface area (Å²) in [7, 11) is 0. The van der Waals surface area contributed by atoms with E-state index in [1.54, 1.807) is 0 Å². The van der Waals surface area contributed by atoms with Crippen molar-refractivity contribution in [3.63, 3.8) is 0 Å². The van der Waals surface area contributed by atoms with Gasteiger partial charge in [-0.1, -0.05) is 6.08 Å². The molecule has 1 aliphatic rings. The molecule has 1 aliphatic heterocycles. The van der Waals surface area contributed by atoms with Gasteiger partial charge in [0.25, 0.3) is 0 Å². The Morgan fingerprint density at radius 1 is 1.75 bits per heavy atom. The Balaban J connectivity index is 1.80. The van der Waals surface area contributed by atoms with E-state index in [9.17, 15) is 0 Å². The zero-order valence-corrected chi connectivity index (χ0v) is 5.10. The van der Waals surface area contributed by atoms with Crippen molar-refractivity contribution >= 4 is 0 Å². The molecule has 1 atom stereocenters. The highest BCUT2D eigenvalue weighted by Crippen LogP contribution is 2.16. The number of allylic oxidation sites excluding steroid dienone is 1. The maximum Gasteiger partial charge on any atom is 0.0810 e. The molecule has 1 unspecified atom stereocenters. The molecule has 0 amide bonds. The number of ether oxygens (including phenoxy) is 1. The van der Waals surface area contributed by atoms with Crippen molar-refractivity contribution in [2.24, 2.45) is 0 Å². The van der Waals surface area contributed by atoms with Crippen molar-refractivity contribution in [3.05, 3.63) is 12.7 Å². The smallest absolute Gasteiger partial charge is 0.0810 e. The van der Waals surface area contributed by atoms with Gasteiger partial charge in [0.1, 0.15) is 0 Å². The maximum absolute atomic E-state index is 5.02. The second kappa shape index (κ2) is 2.88. The molecule has 46 valence electrons. The molecule has 0 radical (unpaired) electrons. The van der Waals surface area contributed by atoms with Crippen molar-refractivity contribution in [2.75, 3.05) is 6.61 Å². The van der Waals surface area contributed by atoms with Crippen LogP contribution in [0, 0.1) is 0 Å². The molecule has 1 nitrogen and oxygen atoms in total. The van der Waals surface area contributed by atoms with E-state index in [0.29, 0.717) is 6.10 Å². The minimum atomic E-state index is 0.606. The lowest BCUT2D eigenvalue weighted by Gasteiger charge is -1.88. The van der Waals surface area contributed by atoms with Gasteiger partial charge in [-0.05, 0) is 19.3 Å². The quantitative estimate of drug-likeness (QED) is 0.306. The molecule has 1 fully saturated rings. The van der Waals surface area contributed by atoms with Crippen LogP contribution in [-0.2, 0) is 4.74 Å². The lowest BCUT2D eigenvalue weighted by Crippen LogP contribution is -1.82. The lowest BCUT2D eigenvalue weighted by molar-refractivity contribution is 0.392. The predicted octanol–water partition coefficient (Wildman–Crippen LogP) is 1.74. The van der Waals surface area contributed by atoms with Crippen LogP contribution in [0.1, 0.15) is 19.3 Å². The van der Waals surface area contributed by atoms with Crippen molar-refractivity contribution < 1.29 is 4.74 Å². The first kappa shape index (κ1) is 5.83. The molecule has 0 aromatic carbocycles. The minimum Gasteiger partial charge on any atom is -0.373 e. The first-order valence-electron chi connectivity index (χ1n) is 3.16. The molecule has 1 saturated heterocycles. The highest BCUT2D eigenvalue weighted by Gasteiger charge is 2.20. The normalized spacial score (nSPS) is 25.2. The number of hydrogen-bond donors (Lipinski definition) is 0. The third-order valence-electron chi connectivity index (χ3n) is 1.34. The summed E-state index contributed by atoms with van der Waals surface area (Å²) < 4.78 is 5.02. The van der Waals surface area contributed by atoms with Crippen LogP contribution >= 0.6 is 0 Å². The second-order valence-electron chi connectivity index (χ2n) is 2.17. The van der Waals surface area contributed by atoms with E-state index in [-0.39, 0.29) is 0 Å². The molecule has 1 heterocycles. The summed E-state index contributed by atoms with van der Waals surface area (Å²) in [4.78, 5) is 0. The molecule has 0 aliphatic carbocycles. The van der Waals surface area contributed by atoms with Crippen LogP contribution in [0.25, 0.3) is 0 Å². The van der Waals surface area contributed by atoms with Gasteiger partial charge in [0.2, 0.25) is 0 Å². The summed E-state index contributed by atoms with van der Waals surface area (Å²) in [6.45, 7) is 4.63. The van der Waals surface area contributed by atoms with Gasteiger partial charge in [-0.3, -0.25) is 0 Å². The summed E-state index contributed by atoms with van der Waals surface area (Å²) >= 11 is 0. The van der Waals surface area contributed by atoms with E-state index < -0.39 is 0 Å². The molecule has 1 rings (SSSR count). The highest BCUT2D eigenvalue weighted by molar-refractivity contribution is 4.72. The molecule has 0 saturated carbocycles. The summed E-state index contributed by atoms with van der Waals surface area (Å²) in [6, 6.07) is 0. The van der Waals surface area contributed by atoms with Crippen LogP contribution in [0.3, 0.4) is 0 Å². The van der Waals surface area contributed by atoms with E-state index in [2.05, 4.69) is 6.58 Å². The molecule has 0 aromatic heterocycles. The van der Waals surface area contributed by atoms with Gasteiger partial charge < -0.3 is 4.74 Å². The largest absolute Gasteiger partial charge is 0.373 e. The van der Waals surface area contributed by atoms with E-state index in [4.69, 9.17) is 4.74 Å². The van der Waals surface area contributed by atoms with Gasteiger partial charge in [-0.2, -0.15) is 0 Å². The third kappa shape index (κ3) is 2.12. The Labute approximate surface area is 50.3 Å². The monoisotopic (exact) mass is 112 g/mol. The van der Waals surface area contributed by atoms with Crippen LogP contribution in [0.4, 0.5) is 0 Å². The van der Waals surface area contributed by atoms with Gasteiger partial charge in [0, 0.05) is 0 Å². The first-order valence-corrected chi connectivity index (χ1v) is 3.16. The number of rotatable bonds is 4. The molecule has 0 N–H and O–H groups in total. The zero-order chi connectivity index (χ0) is 5.82. The first-order chi connectivity index (χ1) is 3.93. The summed E-state index contributed by atoms with van der Waals surface area (Å²) in [5.41, 5.74) is 0. The van der Waals surface area contributed by atoms with Crippen molar-refractivity contribution in [2.45, 2.75) is 25.4 Å².